The largest absolute Gasteiger partial charge is 0.457 e. The smallest absolute Gasteiger partial charge is 0.416 e. The molecule has 0 aliphatic heterocycles. The third kappa shape index (κ3) is 9.44. The summed E-state index contributed by atoms with van der Waals surface area (Å²) in [6.07, 6.45) is 0.180. The lowest BCUT2D eigenvalue weighted by molar-refractivity contribution is -0.137. The Hall–Kier alpha value is -4.11. The van der Waals surface area contributed by atoms with E-state index < -0.39 is 11.7 Å². The van der Waals surface area contributed by atoms with Crippen molar-refractivity contribution in [2.45, 2.75) is 45.7 Å². The Morgan fingerprint density at radius 2 is 1.65 bits per heavy atom. The number of ketones is 1. The summed E-state index contributed by atoms with van der Waals surface area (Å²) in [7, 11) is 1.97. The van der Waals surface area contributed by atoms with Gasteiger partial charge in [0.15, 0.2) is 5.78 Å². The van der Waals surface area contributed by atoms with Crippen molar-refractivity contribution >= 4 is 24.5 Å². The van der Waals surface area contributed by atoms with Crippen LogP contribution in [-0.4, -0.2) is 48.4 Å². The quantitative estimate of drug-likeness (QED) is 0.239. The topological polar surface area (TPSA) is 78.9 Å². The van der Waals surface area contributed by atoms with Crippen molar-refractivity contribution in [3.05, 3.63) is 93.4 Å². The lowest BCUT2D eigenvalue weighted by atomic mass is 9.96. The SMILES string of the molecule is C=c1ccc(C(=O)NCCO)c(CC)/c1=C/N(C)CC(CC)CCC(=O)c1ccc(Oc2ccc(C(F)(F)F)cc2)cc1. The number of nitrogens with one attached hydrogen (secondary N) is 1. The van der Waals surface area contributed by atoms with Gasteiger partial charge in [-0.25, -0.2) is 0 Å². The minimum absolute atomic E-state index is 0.000990. The molecule has 1 amide bonds. The Kier molecular flexibility index (Phi) is 11.9. The van der Waals surface area contributed by atoms with Gasteiger partial charge in [0.25, 0.3) is 5.91 Å². The van der Waals surface area contributed by atoms with Crippen LogP contribution in [0, 0.1) is 5.92 Å². The molecule has 3 aromatic rings. The van der Waals surface area contributed by atoms with Crippen LogP contribution in [0.5, 0.6) is 11.5 Å². The normalized spacial score (nSPS) is 12.6. The summed E-state index contributed by atoms with van der Waals surface area (Å²) >= 11 is 0. The lowest BCUT2D eigenvalue weighted by Crippen LogP contribution is -2.36. The molecule has 3 aromatic carbocycles. The summed E-state index contributed by atoms with van der Waals surface area (Å²) in [5.41, 5.74) is 1.25. The summed E-state index contributed by atoms with van der Waals surface area (Å²) < 4.78 is 43.9. The van der Waals surface area contributed by atoms with Crippen LogP contribution in [0.25, 0.3) is 12.8 Å². The van der Waals surface area contributed by atoms with Crippen molar-refractivity contribution in [1.82, 2.24) is 10.2 Å². The Bertz CT molecular complexity index is 1490. The van der Waals surface area contributed by atoms with Crippen LogP contribution >= 0.6 is 0 Å². The molecule has 0 fully saturated rings. The standard InChI is InChI=1S/C34H39F3N2O4/c1-5-24(21-39(4)22-31-23(3)7-17-30(29(31)6-2)33(42)38-19-20-40)8-18-32(41)25-9-13-27(14-10-25)43-28-15-11-26(12-16-28)34(35,36)37/h7,9-17,22,24,40H,3,5-6,8,18-21H2,1-2,4H3,(H,38,42)/b31-22+. The lowest BCUT2D eigenvalue weighted by Gasteiger charge is -2.22. The number of aliphatic hydroxyl groups is 1. The molecule has 1 atom stereocenters. The highest BCUT2D eigenvalue weighted by molar-refractivity contribution is 5.96. The van der Waals surface area contributed by atoms with Crippen LogP contribution in [0.4, 0.5) is 13.2 Å². The van der Waals surface area contributed by atoms with E-state index in [0.717, 1.165) is 34.6 Å². The number of ether oxygens (including phenoxy) is 1. The highest BCUT2D eigenvalue weighted by Crippen LogP contribution is 2.31. The van der Waals surface area contributed by atoms with Crippen molar-refractivity contribution < 1.29 is 32.6 Å². The number of carbonyl (C=O) groups excluding carboxylic acids is 2. The molecule has 0 aliphatic rings. The Morgan fingerprint density at radius 3 is 2.21 bits per heavy atom. The van der Waals surface area contributed by atoms with E-state index in [2.05, 4.69) is 23.7 Å². The molecule has 0 spiro atoms. The maximum atomic E-state index is 12.9. The van der Waals surface area contributed by atoms with Crippen LogP contribution in [0.15, 0.2) is 60.7 Å². The third-order valence-corrected chi connectivity index (χ3v) is 7.29. The highest BCUT2D eigenvalue weighted by Gasteiger charge is 2.30. The van der Waals surface area contributed by atoms with Crippen LogP contribution < -0.4 is 20.5 Å². The van der Waals surface area contributed by atoms with E-state index in [1.54, 1.807) is 30.3 Å². The monoisotopic (exact) mass is 596 g/mol. The molecule has 0 heterocycles. The number of nitrogens with zero attached hydrogens (tertiary/aromatic N) is 1. The second-order valence-corrected chi connectivity index (χ2v) is 10.5. The molecule has 0 bridgehead atoms. The van der Waals surface area contributed by atoms with Gasteiger partial charge in [0.2, 0.25) is 0 Å². The Morgan fingerprint density at radius 1 is 1.02 bits per heavy atom. The molecule has 2 N–H and O–H groups in total. The molecule has 0 aliphatic carbocycles. The van der Waals surface area contributed by atoms with Crippen molar-refractivity contribution in [3.8, 4) is 11.5 Å². The zero-order chi connectivity index (χ0) is 31.6. The molecule has 43 heavy (non-hydrogen) atoms. The van der Waals surface area contributed by atoms with Crippen molar-refractivity contribution in [2.24, 2.45) is 5.92 Å². The minimum atomic E-state index is -4.41. The average molecular weight is 597 g/mol. The summed E-state index contributed by atoms with van der Waals surface area (Å²) in [6.45, 7) is 9.00. The molecule has 0 radical (unpaired) electrons. The molecule has 0 saturated carbocycles. The zero-order valence-corrected chi connectivity index (χ0v) is 24.8. The number of amides is 1. The fourth-order valence-corrected chi connectivity index (χ4v) is 4.87. The molecule has 3 rings (SSSR count). The number of carbonyl (C=O) groups is 2. The summed E-state index contributed by atoms with van der Waals surface area (Å²) in [4.78, 5) is 27.6. The van der Waals surface area contributed by atoms with Crippen LogP contribution in [0.3, 0.4) is 0 Å². The van der Waals surface area contributed by atoms with Gasteiger partial charge in [-0.2, -0.15) is 13.2 Å². The van der Waals surface area contributed by atoms with E-state index in [0.29, 0.717) is 42.7 Å². The van der Waals surface area contributed by atoms with E-state index in [4.69, 9.17) is 9.84 Å². The first kappa shape index (κ1) is 33.4. The number of benzene rings is 3. The predicted molar refractivity (Wildman–Crippen MR) is 162 cm³/mol. The Labute approximate surface area is 250 Å². The van der Waals surface area contributed by atoms with Gasteiger partial charge < -0.3 is 20.1 Å². The van der Waals surface area contributed by atoms with Gasteiger partial charge in [-0.1, -0.05) is 32.9 Å². The average Bonchev–Trinajstić information content (AvgIpc) is 2.98. The zero-order valence-electron chi connectivity index (χ0n) is 24.8. The molecular weight excluding hydrogens is 557 g/mol. The molecule has 0 aromatic heterocycles. The van der Waals surface area contributed by atoms with Gasteiger partial charge in [0, 0.05) is 49.1 Å². The van der Waals surface area contributed by atoms with Crippen molar-refractivity contribution in [3.63, 3.8) is 0 Å². The predicted octanol–water partition coefficient (Wildman–Crippen LogP) is 5.55. The van der Waals surface area contributed by atoms with Crippen LogP contribution in [0.1, 0.15) is 65.0 Å². The van der Waals surface area contributed by atoms with Crippen LogP contribution in [0.2, 0.25) is 0 Å². The van der Waals surface area contributed by atoms with E-state index in [-0.39, 0.29) is 36.5 Å². The summed E-state index contributed by atoms with van der Waals surface area (Å²) in [6, 6.07) is 14.6. The van der Waals surface area contributed by atoms with Gasteiger partial charge >= 0.3 is 6.18 Å². The fourth-order valence-electron chi connectivity index (χ4n) is 4.87. The number of rotatable bonds is 14. The first-order valence-electron chi connectivity index (χ1n) is 14.4. The maximum absolute atomic E-state index is 12.9. The molecule has 1 unspecified atom stereocenters. The van der Waals surface area contributed by atoms with E-state index in [1.165, 1.54) is 12.1 Å². The second-order valence-electron chi connectivity index (χ2n) is 10.5. The fraction of sp³-hybridized carbons (Fsp3) is 0.353. The summed E-state index contributed by atoms with van der Waals surface area (Å²) in [5, 5.41) is 13.5. The maximum Gasteiger partial charge on any atom is 0.416 e. The summed E-state index contributed by atoms with van der Waals surface area (Å²) in [5.74, 6) is 0.717. The number of hydrogen-bond acceptors (Lipinski definition) is 5. The van der Waals surface area contributed by atoms with Gasteiger partial charge in [0.05, 0.1) is 12.2 Å². The van der Waals surface area contributed by atoms with Gasteiger partial charge in [0.1, 0.15) is 11.5 Å². The molecular formula is C34H39F3N2O4. The van der Waals surface area contributed by atoms with E-state index in [1.807, 2.05) is 26.2 Å². The molecule has 230 valence electrons. The van der Waals surface area contributed by atoms with Crippen LogP contribution in [-0.2, 0) is 12.6 Å². The number of halogens is 3. The molecule has 0 saturated heterocycles. The second kappa shape index (κ2) is 15.4. The van der Waals surface area contributed by atoms with Crippen molar-refractivity contribution in [2.75, 3.05) is 26.7 Å². The van der Waals surface area contributed by atoms with Gasteiger partial charge in [-0.05, 0) is 84.1 Å². The number of aliphatic hydroxyl groups excluding tert-OH is 1. The third-order valence-electron chi connectivity index (χ3n) is 7.29. The first-order valence-corrected chi connectivity index (χ1v) is 14.4. The number of Topliss-reactive ketones (excluding diaryl/α,β-unsaturated/α-hetero) is 1. The number of alkyl halides is 3. The first-order chi connectivity index (χ1) is 20.5. The van der Waals surface area contributed by atoms with Gasteiger partial charge in [-0.15, -0.1) is 0 Å². The van der Waals surface area contributed by atoms with Crippen molar-refractivity contribution in [1.29, 1.82) is 0 Å². The minimum Gasteiger partial charge on any atom is -0.457 e. The highest BCUT2D eigenvalue weighted by atomic mass is 19.4. The van der Waals surface area contributed by atoms with E-state index >= 15 is 0 Å². The number of hydrogen-bond donors (Lipinski definition) is 2. The molecule has 6 nitrogen and oxygen atoms in total. The Balaban J connectivity index is 1.61. The molecule has 9 heteroatoms. The van der Waals surface area contributed by atoms with Gasteiger partial charge in [-0.3, -0.25) is 9.59 Å². The van der Waals surface area contributed by atoms with E-state index in [9.17, 15) is 22.8 Å².